The van der Waals surface area contributed by atoms with Crippen LogP contribution in [0.1, 0.15) is 70.3 Å². The van der Waals surface area contributed by atoms with Gasteiger partial charge < -0.3 is 10.1 Å². The molecule has 3 heteroatoms. The summed E-state index contributed by atoms with van der Waals surface area (Å²) in [5, 5.41) is 3.61. The maximum Gasteiger partial charge on any atom is 0.305 e. The Bertz CT molecular complexity index is 461. The first-order valence-corrected chi connectivity index (χ1v) is 9.76. The molecule has 0 atom stereocenters. The van der Waals surface area contributed by atoms with Gasteiger partial charge in [-0.2, -0.15) is 0 Å². The smallest absolute Gasteiger partial charge is 0.305 e. The number of carbonyl (C=O) groups excluding carboxylic acids is 1. The standard InChI is InChI=1S/C21H33NO2/c1-2-24-21(23)12-8-11-18-13-15-20(16-14-18)22-17-19-9-6-4-3-5-7-10-19/h13-16,19,22H,2-12,17H2,1H3. The van der Waals surface area contributed by atoms with Crippen LogP contribution in [-0.2, 0) is 16.0 Å². The van der Waals surface area contributed by atoms with Crippen LogP contribution >= 0.6 is 0 Å². The van der Waals surface area contributed by atoms with Crippen LogP contribution in [-0.4, -0.2) is 19.1 Å². The molecule has 1 aromatic rings. The lowest BCUT2D eigenvalue weighted by Crippen LogP contribution is -2.15. The van der Waals surface area contributed by atoms with Gasteiger partial charge in [-0.05, 0) is 56.2 Å². The molecule has 3 nitrogen and oxygen atoms in total. The summed E-state index contributed by atoms with van der Waals surface area (Å²) in [5.41, 5.74) is 2.50. The minimum Gasteiger partial charge on any atom is -0.466 e. The molecule has 0 amide bonds. The van der Waals surface area contributed by atoms with Gasteiger partial charge in [-0.15, -0.1) is 0 Å². The van der Waals surface area contributed by atoms with E-state index in [4.69, 9.17) is 4.74 Å². The normalized spacial score (nSPS) is 16.2. The number of rotatable bonds is 8. The summed E-state index contributed by atoms with van der Waals surface area (Å²) in [5.74, 6) is 0.740. The predicted molar refractivity (Wildman–Crippen MR) is 100 cm³/mol. The number of hydrogen-bond donors (Lipinski definition) is 1. The minimum atomic E-state index is -0.0880. The molecule has 0 unspecified atom stereocenters. The molecule has 2 rings (SSSR count). The summed E-state index contributed by atoms with van der Waals surface area (Å²) in [6.07, 6.45) is 12.1. The zero-order valence-electron chi connectivity index (χ0n) is 15.2. The van der Waals surface area contributed by atoms with Crippen LogP contribution < -0.4 is 5.32 Å². The first-order chi connectivity index (χ1) is 11.8. The third-order valence-corrected chi connectivity index (χ3v) is 4.93. The molecule has 0 aromatic heterocycles. The third kappa shape index (κ3) is 7.37. The Morgan fingerprint density at radius 3 is 2.42 bits per heavy atom. The monoisotopic (exact) mass is 331 g/mol. The fraction of sp³-hybridized carbons (Fsp3) is 0.667. The molecular formula is C21H33NO2. The quantitative estimate of drug-likeness (QED) is 0.653. The van der Waals surface area contributed by atoms with E-state index in [9.17, 15) is 4.79 Å². The van der Waals surface area contributed by atoms with Crippen LogP contribution in [0.3, 0.4) is 0 Å². The van der Waals surface area contributed by atoms with Crippen LogP contribution in [0.15, 0.2) is 24.3 Å². The summed E-state index contributed by atoms with van der Waals surface area (Å²) in [6.45, 7) is 3.42. The fourth-order valence-corrected chi connectivity index (χ4v) is 3.47. The van der Waals surface area contributed by atoms with Crippen LogP contribution in [0.4, 0.5) is 5.69 Å². The molecule has 0 spiro atoms. The Kier molecular flexibility index (Phi) is 8.72. The molecule has 1 N–H and O–H groups in total. The number of hydrogen-bond acceptors (Lipinski definition) is 3. The van der Waals surface area contributed by atoms with E-state index in [1.54, 1.807) is 0 Å². The largest absolute Gasteiger partial charge is 0.466 e. The summed E-state index contributed by atoms with van der Waals surface area (Å²) in [7, 11) is 0. The zero-order valence-corrected chi connectivity index (χ0v) is 15.2. The van der Waals surface area contributed by atoms with Gasteiger partial charge in [-0.1, -0.05) is 44.2 Å². The highest BCUT2D eigenvalue weighted by atomic mass is 16.5. The van der Waals surface area contributed by atoms with Gasteiger partial charge in [0.15, 0.2) is 0 Å². The summed E-state index contributed by atoms with van der Waals surface area (Å²) >= 11 is 0. The SMILES string of the molecule is CCOC(=O)CCCc1ccc(NCC2CCCCCCC2)cc1. The second kappa shape index (κ2) is 11.1. The molecule has 1 aliphatic carbocycles. The number of esters is 1. The van der Waals surface area contributed by atoms with Crippen LogP contribution in [0.2, 0.25) is 0 Å². The maximum atomic E-state index is 11.3. The predicted octanol–water partition coefficient (Wildman–Crippen LogP) is 5.34. The molecule has 24 heavy (non-hydrogen) atoms. The molecule has 0 bridgehead atoms. The molecule has 1 fully saturated rings. The molecule has 0 aliphatic heterocycles. The zero-order chi connectivity index (χ0) is 17.0. The molecule has 0 radical (unpaired) electrons. The lowest BCUT2D eigenvalue weighted by Gasteiger charge is -2.20. The van der Waals surface area contributed by atoms with E-state index in [1.165, 1.54) is 56.2 Å². The number of benzene rings is 1. The van der Waals surface area contributed by atoms with E-state index < -0.39 is 0 Å². The van der Waals surface area contributed by atoms with Gasteiger partial charge in [0, 0.05) is 18.7 Å². The van der Waals surface area contributed by atoms with Gasteiger partial charge >= 0.3 is 5.97 Å². The van der Waals surface area contributed by atoms with Crippen molar-refractivity contribution >= 4 is 11.7 Å². The molecule has 1 aromatic carbocycles. The summed E-state index contributed by atoms with van der Waals surface area (Å²) in [4.78, 5) is 11.3. The van der Waals surface area contributed by atoms with Gasteiger partial charge in [0.1, 0.15) is 0 Å². The van der Waals surface area contributed by atoms with Crippen molar-refractivity contribution in [2.75, 3.05) is 18.5 Å². The Balaban J connectivity index is 1.68. The van der Waals surface area contributed by atoms with Crippen molar-refractivity contribution in [3.8, 4) is 0 Å². The fourth-order valence-electron chi connectivity index (χ4n) is 3.47. The van der Waals surface area contributed by atoms with Crippen molar-refractivity contribution in [1.82, 2.24) is 0 Å². The topological polar surface area (TPSA) is 38.3 Å². The van der Waals surface area contributed by atoms with E-state index in [2.05, 4.69) is 29.6 Å². The van der Waals surface area contributed by atoms with E-state index in [1.807, 2.05) is 6.92 Å². The Morgan fingerprint density at radius 1 is 1.08 bits per heavy atom. The maximum absolute atomic E-state index is 11.3. The first-order valence-electron chi connectivity index (χ1n) is 9.76. The number of nitrogens with one attached hydrogen (secondary N) is 1. The van der Waals surface area contributed by atoms with Crippen molar-refractivity contribution < 1.29 is 9.53 Å². The van der Waals surface area contributed by atoms with E-state index in [0.717, 1.165) is 25.3 Å². The van der Waals surface area contributed by atoms with Crippen molar-refractivity contribution in [2.24, 2.45) is 5.92 Å². The minimum absolute atomic E-state index is 0.0880. The molecule has 1 saturated carbocycles. The average Bonchev–Trinajstić information content (AvgIpc) is 2.55. The number of carbonyl (C=O) groups is 1. The molecule has 1 aliphatic rings. The molecule has 0 heterocycles. The Hall–Kier alpha value is -1.51. The Morgan fingerprint density at radius 2 is 1.75 bits per heavy atom. The highest BCUT2D eigenvalue weighted by Gasteiger charge is 2.11. The molecule has 134 valence electrons. The van der Waals surface area contributed by atoms with Gasteiger partial charge in [0.2, 0.25) is 0 Å². The number of ether oxygens (including phenoxy) is 1. The van der Waals surface area contributed by atoms with Crippen molar-refractivity contribution in [3.63, 3.8) is 0 Å². The van der Waals surface area contributed by atoms with Crippen LogP contribution in [0, 0.1) is 5.92 Å². The third-order valence-electron chi connectivity index (χ3n) is 4.93. The average molecular weight is 332 g/mol. The number of anilines is 1. The van der Waals surface area contributed by atoms with Gasteiger partial charge in [0.25, 0.3) is 0 Å². The summed E-state index contributed by atoms with van der Waals surface area (Å²) < 4.78 is 4.96. The van der Waals surface area contributed by atoms with Crippen LogP contribution in [0.5, 0.6) is 0 Å². The van der Waals surface area contributed by atoms with Crippen molar-refractivity contribution in [2.45, 2.75) is 71.1 Å². The highest BCUT2D eigenvalue weighted by molar-refractivity contribution is 5.69. The summed E-state index contributed by atoms with van der Waals surface area (Å²) in [6, 6.07) is 8.68. The highest BCUT2D eigenvalue weighted by Crippen LogP contribution is 2.23. The van der Waals surface area contributed by atoms with Crippen LogP contribution in [0.25, 0.3) is 0 Å². The van der Waals surface area contributed by atoms with Gasteiger partial charge in [0.05, 0.1) is 6.61 Å². The molecular weight excluding hydrogens is 298 g/mol. The molecule has 0 saturated heterocycles. The lowest BCUT2D eigenvalue weighted by molar-refractivity contribution is -0.143. The number of aryl methyl sites for hydroxylation is 1. The van der Waals surface area contributed by atoms with Gasteiger partial charge in [-0.3, -0.25) is 4.79 Å². The van der Waals surface area contributed by atoms with E-state index in [-0.39, 0.29) is 5.97 Å². The first kappa shape index (κ1) is 18.8. The van der Waals surface area contributed by atoms with E-state index in [0.29, 0.717) is 13.0 Å². The van der Waals surface area contributed by atoms with Gasteiger partial charge in [-0.25, -0.2) is 0 Å². The van der Waals surface area contributed by atoms with Crippen molar-refractivity contribution in [3.05, 3.63) is 29.8 Å². The Labute approximate surface area is 147 Å². The lowest BCUT2D eigenvalue weighted by atomic mass is 9.91. The van der Waals surface area contributed by atoms with Crippen molar-refractivity contribution in [1.29, 1.82) is 0 Å². The second-order valence-electron chi connectivity index (χ2n) is 6.95. The second-order valence-corrected chi connectivity index (χ2v) is 6.95. The van der Waals surface area contributed by atoms with E-state index >= 15 is 0 Å².